The van der Waals surface area contributed by atoms with Crippen molar-refractivity contribution in [3.05, 3.63) is 29.6 Å². The van der Waals surface area contributed by atoms with E-state index in [1.165, 1.54) is 0 Å². The summed E-state index contributed by atoms with van der Waals surface area (Å²) in [6.07, 6.45) is 1.86. The lowest BCUT2D eigenvalue weighted by atomic mass is 9.96. The van der Waals surface area contributed by atoms with Crippen molar-refractivity contribution in [2.24, 2.45) is 0 Å². The smallest absolute Gasteiger partial charge is 0.329 e. The minimum atomic E-state index is -0.921. The van der Waals surface area contributed by atoms with Crippen molar-refractivity contribution < 1.29 is 14.6 Å². The van der Waals surface area contributed by atoms with Gasteiger partial charge in [-0.3, -0.25) is 9.88 Å². The van der Waals surface area contributed by atoms with Crippen LogP contribution < -0.4 is 0 Å². The molecule has 2 rings (SSSR count). The van der Waals surface area contributed by atoms with Crippen molar-refractivity contribution in [1.82, 2.24) is 9.88 Å². The van der Waals surface area contributed by atoms with Gasteiger partial charge in [-0.1, -0.05) is 6.07 Å². The first-order valence-corrected chi connectivity index (χ1v) is 5.96. The highest BCUT2D eigenvalue weighted by Gasteiger charge is 2.40. The van der Waals surface area contributed by atoms with E-state index in [0.29, 0.717) is 0 Å². The third-order valence-corrected chi connectivity index (χ3v) is 3.02. The third-order valence-electron chi connectivity index (χ3n) is 3.02. The van der Waals surface area contributed by atoms with Crippen LogP contribution in [0.25, 0.3) is 0 Å². The average Bonchev–Trinajstić information content (AvgIpc) is 2.27. The summed E-state index contributed by atoms with van der Waals surface area (Å²) in [6, 6.07) is 4.06. The number of aromatic nitrogens is 1. The van der Waals surface area contributed by atoms with Gasteiger partial charge in [-0.2, -0.15) is 0 Å². The summed E-state index contributed by atoms with van der Waals surface area (Å²) in [4.78, 5) is 17.0. The first-order chi connectivity index (χ1) is 8.47. The molecule has 0 saturated carbocycles. The lowest BCUT2D eigenvalue weighted by Gasteiger charge is -2.47. The Balaban J connectivity index is 1.78. The first kappa shape index (κ1) is 13.0. The van der Waals surface area contributed by atoms with Crippen LogP contribution >= 0.6 is 0 Å². The number of rotatable bonds is 5. The molecule has 1 aromatic rings. The number of aryl methyl sites for hydroxylation is 1. The van der Waals surface area contributed by atoms with Crippen LogP contribution in [0.3, 0.4) is 0 Å². The number of nitrogens with zero attached hydrogens (tertiary/aromatic N) is 2. The van der Waals surface area contributed by atoms with Gasteiger partial charge in [0.15, 0.2) is 0 Å². The molecule has 1 aliphatic rings. The van der Waals surface area contributed by atoms with E-state index in [-0.39, 0.29) is 12.2 Å². The van der Waals surface area contributed by atoms with E-state index in [0.717, 1.165) is 30.9 Å². The van der Waals surface area contributed by atoms with Crippen LogP contribution in [0.5, 0.6) is 0 Å². The van der Waals surface area contributed by atoms with Gasteiger partial charge in [-0.25, -0.2) is 4.79 Å². The molecule has 1 aliphatic heterocycles. The van der Waals surface area contributed by atoms with E-state index < -0.39 is 5.97 Å². The maximum atomic E-state index is 10.4. The van der Waals surface area contributed by atoms with Crippen molar-refractivity contribution in [3.63, 3.8) is 0 Å². The highest BCUT2D eigenvalue weighted by Crippen LogP contribution is 2.25. The number of carboxylic acid groups (broad SMARTS) is 1. The van der Waals surface area contributed by atoms with Gasteiger partial charge in [-0.05, 0) is 25.5 Å². The van der Waals surface area contributed by atoms with Gasteiger partial charge in [0.2, 0.25) is 0 Å². The molecule has 18 heavy (non-hydrogen) atoms. The van der Waals surface area contributed by atoms with Gasteiger partial charge < -0.3 is 9.84 Å². The Morgan fingerprint density at radius 1 is 1.56 bits per heavy atom. The van der Waals surface area contributed by atoms with Gasteiger partial charge in [0, 0.05) is 25.8 Å². The Kier molecular flexibility index (Phi) is 3.63. The van der Waals surface area contributed by atoms with Gasteiger partial charge in [0.25, 0.3) is 0 Å². The molecule has 0 atom stereocenters. The molecule has 0 bridgehead atoms. The monoisotopic (exact) mass is 250 g/mol. The molecule has 1 fully saturated rings. The number of carboxylic acids is 1. The number of aliphatic carboxylic acids is 1. The molecule has 2 heterocycles. The number of likely N-dealkylation sites (tertiary alicyclic amines) is 1. The molecule has 1 N–H and O–H groups in total. The van der Waals surface area contributed by atoms with Gasteiger partial charge in [-0.15, -0.1) is 0 Å². The maximum absolute atomic E-state index is 10.4. The quantitative estimate of drug-likeness (QED) is 0.846. The van der Waals surface area contributed by atoms with Crippen molar-refractivity contribution in [2.45, 2.75) is 26.0 Å². The molecule has 1 saturated heterocycles. The molecule has 98 valence electrons. The lowest BCUT2D eigenvalue weighted by molar-refractivity contribution is -0.165. The van der Waals surface area contributed by atoms with Crippen molar-refractivity contribution in [3.8, 4) is 0 Å². The van der Waals surface area contributed by atoms with Crippen LogP contribution in [-0.2, 0) is 16.1 Å². The summed E-state index contributed by atoms with van der Waals surface area (Å²) in [6.45, 7) is 6.00. The number of hydrogen-bond acceptors (Lipinski definition) is 4. The Labute approximate surface area is 106 Å². The molecule has 0 radical (unpaired) electrons. The Hall–Kier alpha value is -1.46. The SMILES string of the molecule is Cc1ccc(CN2CC(C)(OCC(=O)O)C2)nc1. The van der Waals surface area contributed by atoms with E-state index in [1.807, 2.05) is 32.2 Å². The van der Waals surface area contributed by atoms with Gasteiger partial charge in [0.05, 0.1) is 11.3 Å². The fourth-order valence-electron chi connectivity index (χ4n) is 2.16. The predicted molar refractivity (Wildman–Crippen MR) is 66.2 cm³/mol. The largest absolute Gasteiger partial charge is 0.480 e. The zero-order valence-electron chi connectivity index (χ0n) is 10.7. The minimum absolute atomic E-state index is 0.229. The van der Waals surface area contributed by atoms with Crippen LogP contribution in [-0.4, -0.2) is 46.3 Å². The second-order valence-corrected chi connectivity index (χ2v) is 5.10. The van der Waals surface area contributed by atoms with E-state index >= 15 is 0 Å². The number of hydrogen-bond donors (Lipinski definition) is 1. The van der Waals surface area contributed by atoms with Crippen molar-refractivity contribution >= 4 is 5.97 Å². The molecule has 5 heteroatoms. The number of pyridine rings is 1. The Morgan fingerprint density at radius 3 is 2.83 bits per heavy atom. The zero-order chi connectivity index (χ0) is 13.2. The summed E-state index contributed by atoms with van der Waals surface area (Å²) in [5, 5.41) is 8.57. The van der Waals surface area contributed by atoms with E-state index in [4.69, 9.17) is 9.84 Å². The lowest BCUT2D eigenvalue weighted by Crippen LogP contribution is -2.61. The topological polar surface area (TPSA) is 62.7 Å². The predicted octanol–water partition coefficient (Wildman–Crippen LogP) is 1.07. The number of ether oxygens (including phenoxy) is 1. The molecule has 0 unspecified atom stereocenters. The first-order valence-electron chi connectivity index (χ1n) is 5.96. The molecular formula is C13H18N2O3. The normalized spacial score (nSPS) is 18.3. The summed E-state index contributed by atoms with van der Waals surface area (Å²) in [5.74, 6) is -0.921. The molecule has 0 aliphatic carbocycles. The highest BCUT2D eigenvalue weighted by molar-refractivity contribution is 5.68. The second kappa shape index (κ2) is 5.04. The summed E-state index contributed by atoms with van der Waals surface area (Å²) < 4.78 is 5.35. The zero-order valence-corrected chi connectivity index (χ0v) is 10.7. The Morgan fingerprint density at radius 2 is 2.28 bits per heavy atom. The molecule has 0 amide bonds. The maximum Gasteiger partial charge on any atom is 0.329 e. The summed E-state index contributed by atoms with van der Waals surface area (Å²) >= 11 is 0. The van der Waals surface area contributed by atoms with Crippen LogP contribution in [0, 0.1) is 6.92 Å². The third kappa shape index (κ3) is 3.27. The fourth-order valence-corrected chi connectivity index (χ4v) is 2.16. The average molecular weight is 250 g/mol. The Bertz CT molecular complexity index is 424. The van der Waals surface area contributed by atoms with Crippen molar-refractivity contribution in [1.29, 1.82) is 0 Å². The van der Waals surface area contributed by atoms with Gasteiger partial charge >= 0.3 is 5.97 Å². The summed E-state index contributed by atoms with van der Waals surface area (Å²) in [5.41, 5.74) is 1.85. The van der Waals surface area contributed by atoms with Crippen LogP contribution in [0.2, 0.25) is 0 Å². The minimum Gasteiger partial charge on any atom is -0.480 e. The van der Waals surface area contributed by atoms with E-state index in [2.05, 4.69) is 9.88 Å². The van der Waals surface area contributed by atoms with E-state index in [1.54, 1.807) is 0 Å². The van der Waals surface area contributed by atoms with Gasteiger partial charge in [0.1, 0.15) is 6.61 Å². The van der Waals surface area contributed by atoms with E-state index in [9.17, 15) is 4.79 Å². The van der Waals surface area contributed by atoms with Crippen LogP contribution in [0.1, 0.15) is 18.2 Å². The standard InChI is InChI=1S/C13H18N2O3/c1-10-3-4-11(14-5-10)6-15-8-13(2,9-15)18-7-12(16)17/h3-5H,6-9H2,1-2H3,(H,16,17). The second-order valence-electron chi connectivity index (χ2n) is 5.10. The van der Waals surface area contributed by atoms with Crippen LogP contribution in [0.4, 0.5) is 0 Å². The van der Waals surface area contributed by atoms with Crippen LogP contribution in [0.15, 0.2) is 18.3 Å². The molecule has 0 spiro atoms. The highest BCUT2D eigenvalue weighted by atomic mass is 16.5. The van der Waals surface area contributed by atoms with Crippen molar-refractivity contribution in [2.75, 3.05) is 19.7 Å². The summed E-state index contributed by atoms with van der Waals surface area (Å²) in [7, 11) is 0. The fraction of sp³-hybridized carbons (Fsp3) is 0.538. The molecular weight excluding hydrogens is 232 g/mol. The molecule has 1 aromatic heterocycles. The molecule has 5 nitrogen and oxygen atoms in total. The number of carbonyl (C=O) groups is 1. The molecule has 0 aromatic carbocycles.